The van der Waals surface area contributed by atoms with Crippen LogP contribution >= 0.6 is 11.3 Å². The average Bonchev–Trinajstić information content (AvgIpc) is 3.19. The van der Waals surface area contributed by atoms with Gasteiger partial charge in [-0.3, -0.25) is 4.79 Å². The van der Waals surface area contributed by atoms with Crippen molar-refractivity contribution in [3.8, 4) is 10.4 Å². The Kier molecular flexibility index (Phi) is 5.27. The third-order valence-electron chi connectivity index (χ3n) is 5.65. The fourth-order valence-corrected chi connectivity index (χ4v) is 5.18. The van der Waals surface area contributed by atoms with Crippen LogP contribution in [0.3, 0.4) is 0 Å². The van der Waals surface area contributed by atoms with Crippen LogP contribution in [0.15, 0.2) is 36.4 Å². The Morgan fingerprint density at radius 2 is 1.96 bits per heavy atom. The predicted octanol–water partition coefficient (Wildman–Crippen LogP) is 4.00. The second-order valence-electron chi connectivity index (χ2n) is 7.38. The molecule has 1 aliphatic heterocycles. The van der Waals surface area contributed by atoms with E-state index in [1.54, 1.807) is 6.07 Å². The van der Waals surface area contributed by atoms with Crippen molar-refractivity contribution in [3.05, 3.63) is 41.3 Å². The number of nitrogens with one attached hydrogen (secondary N) is 1. The summed E-state index contributed by atoms with van der Waals surface area (Å²) < 4.78 is 0. The smallest absolute Gasteiger partial charge is 0.345 e. The first-order valence-corrected chi connectivity index (χ1v) is 10.4. The maximum absolute atomic E-state index is 12.8. The van der Waals surface area contributed by atoms with Crippen LogP contribution < -0.4 is 10.2 Å². The van der Waals surface area contributed by atoms with E-state index in [-0.39, 0.29) is 11.9 Å². The third-order valence-corrected chi connectivity index (χ3v) is 6.77. The Labute approximate surface area is 163 Å². The van der Waals surface area contributed by atoms with Crippen LogP contribution in [0.1, 0.15) is 41.8 Å². The lowest BCUT2D eigenvalue weighted by atomic mass is 9.82. The SMILES string of the molecule is O=C(O)c1ccc(-c2cccc(N3C(=O)CNC[C@H]3C3CCCCC3)c2)s1. The molecule has 0 spiro atoms. The van der Waals surface area contributed by atoms with Crippen molar-refractivity contribution in [2.75, 3.05) is 18.0 Å². The number of hydrogen-bond donors (Lipinski definition) is 2. The second-order valence-corrected chi connectivity index (χ2v) is 8.46. The number of aromatic carboxylic acids is 1. The first-order valence-electron chi connectivity index (χ1n) is 9.60. The summed E-state index contributed by atoms with van der Waals surface area (Å²) in [4.78, 5) is 27.2. The molecule has 2 N–H and O–H groups in total. The van der Waals surface area contributed by atoms with Gasteiger partial charge in [-0.1, -0.05) is 31.4 Å². The normalized spacial score (nSPS) is 21.4. The van der Waals surface area contributed by atoms with Crippen LogP contribution in [0.2, 0.25) is 0 Å². The van der Waals surface area contributed by atoms with Crippen LogP contribution in [0.5, 0.6) is 0 Å². The monoisotopic (exact) mass is 384 g/mol. The molecule has 27 heavy (non-hydrogen) atoms. The van der Waals surface area contributed by atoms with Gasteiger partial charge in [-0.25, -0.2) is 4.79 Å². The van der Waals surface area contributed by atoms with Crippen LogP contribution in [0.25, 0.3) is 10.4 Å². The van der Waals surface area contributed by atoms with E-state index in [1.807, 2.05) is 35.2 Å². The fourth-order valence-electron chi connectivity index (χ4n) is 4.34. The van der Waals surface area contributed by atoms with Crippen LogP contribution in [0.4, 0.5) is 5.69 Å². The Morgan fingerprint density at radius 1 is 1.15 bits per heavy atom. The highest BCUT2D eigenvalue weighted by Crippen LogP contribution is 2.35. The first kappa shape index (κ1) is 18.2. The molecule has 2 aromatic rings. The molecule has 1 aromatic heterocycles. The number of piperazine rings is 1. The molecule has 0 unspecified atom stereocenters. The van der Waals surface area contributed by atoms with Gasteiger partial charge < -0.3 is 15.3 Å². The summed E-state index contributed by atoms with van der Waals surface area (Å²) in [6.45, 7) is 1.21. The number of rotatable bonds is 4. The molecule has 142 valence electrons. The molecule has 1 saturated heterocycles. The van der Waals surface area contributed by atoms with Gasteiger partial charge in [0.05, 0.1) is 12.6 Å². The van der Waals surface area contributed by atoms with E-state index in [2.05, 4.69) is 5.32 Å². The summed E-state index contributed by atoms with van der Waals surface area (Å²) in [5.74, 6) is -0.247. The van der Waals surface area contributed by atoms with E-state index < -0.39 is 5.97 Å². The first-order chi connectivity index (χ1) is 13.1. The predicted molar refractivity (Wildman–Crippen MR) is 107 cm³/mol. The third kappa shape index (κ3) is 3.77. The van der Waals surface area contributed by atoms with Crippen LogP contribution in [-0.4, -0.2) is 36.1 Å². The number of hydrogen-bond acceptors (Lipinski definition) is 4. The molecule has 4 rings (SSSR count). The molecule has 2 heterocycles. The van der Waals surface area contributed by atoms with E-state index in [0.29, 0.717) is 17.3 Å². The van der Waals surface area contributed by atoms with Gasteiger partial charge in [-0.05, 0) is 48.6 Å². The largest absolute Gasteiger partial charge is 0.477 e. The number of benzene rings is 1. The zero-order valence-corrected chi connectivity index (χ0v) is 16.0. The lowest BCUT2D eigenvalue weighted by Crippen LogP contribution is -2.58. The van der Waals surface area contributed by atoms with Crippen molar-refractivity contribution in [3.63, 3.8) is 0 Å². The van der Waals surface area contributed by atoms with Crippen molar-refractivity contribution in [2.45, 2.75) is 38.1 Å². The number of carboxylic acids is 1. The van der Waals surface area contributed by atoms with Crippen LogP contribution in [0, 0.1) is 5.92 Å². The lowest BCUT2D eigenvalue weighted by Gasteiger charge is -2.42. The number of carbonyl (C=O) groups is 2. The fraction of sp³-hybridized carbons (Fsp3) is 0.429. The standard InChI is InChI=1S/C21H24N2O3S/c24-20-13-22-12-17(14-5-2-1-3-6-14)23(20)16-8-4-7-15(11-16)18-9-10-19(27-18)21(25)26/h4,7-11,14,17,22H,1-3,5-6,12-13H2,(H,25,26)/t17-/m0/s1. The van der Waals surface area contributed by atoms with Crippen molar-refractivity contribution in [2.24, 2.45) is 5.92 Å². The molecule has 5 nitrogen and oxygen atoms in total. The Hall–Kier alpha value is -2.18. The zero-order valence-electron chi connectivity index (χ0n) is 15.2. The molecule has 2 fully saturated rings. The molecule has 1 atom stereocenters. The molecule has 6 heteroatoms. The highest BCUT2D eigenvalue weighted by molar-refractivity contribution is 7.17. The molecule has 1 aromatic carbocycles. The minimum atomic E-state index is -0.906. The minimum absolute atomic E-state index is 0.117. The summed E-state index contributed by atoms with van der Waals surface area (Å²) in [6.07, 6.45) is 6.16. The highest BCUT2D eigenvalue weighted by atomic mass is 32.1. The Morgan fingerprint density at radius 3 is 2.70 bits per heavy atom. The molecule has 1 saturated carbocycles. The summed E-state index contributed by atoms with van der Waals surface area (Å²) in [5.41, 5.74) is 1.87. The summed E-state index contributed by atoms with van der Waals surface area (Å²) in [7, 11) is 0. The molecule has 0 radical (unpaired) electrons. The van der Waals surface area contributed by atoms with Gasteiger partial charge in [0.25, 0.3) is 0 Å². The highest BCUT2D eigenvalue weighted by Gasteiger charge is 2.35. The van der Waals surface area contributed by atoms with Gasteiger partial charge in [0.2, 0.25) is 5.91 Å². The van der Waals surface area contributed by atoms with Gasteiger partial charge in [0.1, 0.15) is 4.88 Å². The van der Waals surface area contributed by atoms with E-state index in [4.69, 9.17) is 5.11 Å². The Balaban J connectivity index is 1.65. The number of anilines is 1. The summed E-state index contributed by atoms with van der Waals surface area (Å²) in [5, 5.41) is 12.5. The Bertz CT molecular complexity index is 841. The number of carbonyl (C=O) groups excluding carboxylic acids is 1. The summed E-state index contributed by atoms with van der Waals surface area (Å²) in [6, 6.07) is 11.6. The quantitative estimate of drug-likeness (QED) is 0.836. The van der Waals surface area contributed by atoms with Crippen molar-refractivity contribution < 1.29 is 14.7 Å². The van der Waals surface area contributed by atoms with Crippen LogP contribution in [-0.2, 0) is 4.79 Å². The van der Waals surface area contributed by atoms with E-state index in [1.165, 1.54) is 43.4 Å². The van der Waals surface area contributed by atoms with E-state index >= 15 is 0 Å². The zero-order chi connectivity index (χ0) is 18.8. The topological polar surface area (TPSA) is 69.6 Å². The number of carboxylic acid groups (broad SMARTS) is 1. The number of amides is 1. The number of nitrogens with zero attached hydrogens (tertiary/aromatic N) is 1. The lowest BCUT2D eigenvalue weighted by molar-refractivity contribution is -0.119. The number of thiophene rings is 1. The van der Waals surface area contributed by atoms with Gasteiger partial charge in [0.15, 0.2) is 0 Å². The second kappa shape index (κ2) is 7.82. The van der Waals surface area contributed by atoms with E-state index in [0.717, 1.165) is 22.7 Å². The van der Waals surface area contributed by atoms with Gasteiger partial charge in [-0.2, -0.15) is 0 Å². The van der Waals surface area contributed by atoms with Crippen molar-refractivity contribution in [1.82, 2.24) is 5.32 Å². The van der Waals surface area contributed by atoms with Crippen molar-refractivity contribution >= 4 is 28.9 Å². The van der Waals surface area contributed by atoms with Gasteiger partial charge in [-0.15, -0.1) is 11.3 Å². The average molecular weight is 385 g/mol. The molecule has 1 amide bonds. The van der Waals surface area contributed by atoms with Crippen molar-refractivity contribution in [1.29, 1.82) is 0 Å². The maximum atomic E-state index is 12.8. The minimum Gasteiger partial charge on any atom is -0.477 e. The molecule has 2 aliphatic rings. The molecular formula is C21H24N2O3S. The molecule has 0 bridgehead atoms. The van der Waals surface area contributed by atoms with Gasteiger partial charge >= 0.3 is 5.97 Å². The van der Waals surface area contributed by atoms with E-state index in [9.17, 15) is 9.59 Å². The summed E-state index contributed by atoms with van der Waals surface area (Å²) >= 11 is 1.26. The van der Waals surface area contributed by atoms with Gasteiger partial charge in [0, 0.05) is 17.1 Å². The molecule has 1 aliphatic carbocycles. The maximum Gasteiger partial charge on any atom is 0.345 e. The molecular weight excluding hydrogens is 360 g/mol.